The van der Waals surface area contributed by atoms with Gasteiger partial charge in [-0.05, 0) is 43.9 Å². The van der Waals surface area contributed by atoms with E-state index in [1.165, 1.54) is 19.3 Å². The number of fused-ring (bicyclic) bond motifs is 2. The molecular weight excluding hydrogens is 280 g/mol. The second-order valence-electron chi connectivity index (χ2n) is 7.19. The summed E-state index contributed by atoms with van der Waals surface area (Å²) in [6, 6.07) is 0.248. The first-order valence-corrected chi connectivity index (χ1v) is 8.74. The van der Waals surface area contributed by atoms with Crippen molar-refractivity contribution in [1.29, 1.82) is 0 Å². The molecular formula is C17H28N2O3. The Bertz CT molecular complexity index is 418. The van der Waals surface area contributed by atoms with Crippen LogP contribution in [0.2, 0.25) is 0 Å². The number of methoxy groups -OCH3 is 1. The van der Waals surface area contributed by atoms with Crippen LogP contribution in [0.25, 0.3) is 0 Å². The van der Waals surface area contributed by atoms with E-state index in [4.69, 9.17) is 4.74 Å². The van der Waals surface area contributed by atoms with Crippen LogP contribution in [0.1, 0.15) is 44.9 Å². The highest BCUT2D eigenvalue weighted by atomic mass is 16.5. The Kier molecular flexibility index (Phi) is 5.01. The third-order valence-electron chi connectivity index (χ3n) is 5.79. The third-order valence-corrected chi connectivity index (χ3v) is 5.79. The average Bonchev–Trinajstić information content (AvgIpc) is 3.16. The summed E-state index contributed by atoms with van der Waals surface area (Å²) in [5, 5.41) is 3.25. The van der Waals surface area contributed by atoms with Gasteiger partial charge >= 0.3 is 0 Å². The molecule has 3 fully saturated rings. The summed E-state index contributed by atoms with van der Waals surface area (Å²) in [6.07, 6.45) is 7.16. The summed E-state index contributed by atoms with van der Waals surface area (Å²) in [6.45, 7) is 1.99. The SMILES string of the molecule is COCCC(=O)N1CCC(NC(=O)[C@H]2C[C@H]3CC[C@H]2C3)CC1. The third kappa shape index (κ3) is 3.45. The topological polar surface area (TPSA) is 58.6 Å². The van der Waals surface area contributed by atoms with Gasteiger partial charge in [0.1, 0.15) is 0 Å². The minimum atomic E-state index is 0.166. The van der Waals surface area contributed by atoms with E-state index in [-0.39, 0.29) is 23.8 Å². The number of likely N-dealkylation sites (tertiary alicyclic amines) is 1. The standard InChI is InChI=1S/C17H28N2O3/c1-22-9-6-16(20)19-7-4-14(5-8-19)18-17(21)15-11-12-2-3-13(15)10-12/h12-15H,2-11H2,1H3,(H,18,21)/t12-,13-,15-/m0/s1. The quantitative estimate of drug-likeness (QED) is 0.838. The first-order valence-electron chi connectivity index (χ1n) is 8.74. The van der Waals surface area contributed by atoms with E-state index in [1.807, 2.05) is 4.90 Å². The molecule has 3 atom stereocenters. The Morgan fingerprint density at radius 2 is 1.91 bits per heavy atom. The molecule has 0 unspecified atom stereocenters. The molecule has 22 heavy (non-hydrogen) atoms. The summed E-state index contributed by atoms with van der Waals surface area (Å²) in [7, 11) is 1.62. The summed E-state index contributed by atoms with van der Waals surface area (Å²) < 4.78 is 4.95. The number of nitrogens with zero attached hydrogens (tertiary/aromatic N) is 1. The van der Waals surface area contributed by atoms with E-state index in [9.17, 15) is 9.59 Å². The number of carbonyl (C=O) groups is 2. The van der Waals surface area contributed by atoms with Gasteiger partial charge in [0.25, 0.3) is 0 Å². The maximum Gasteiger partial charge on any atom is 0.224 e. The summed E-state index contributed by atoms with van der Waals surface area (Å²) in [4.78, 5) is 26.3. The molecule has 0 aromatic rings. The van der Waals surface area contributed by atoms with Crippen molar-refractivity contribution in [3.63, 3.8) is 0 Å². The normalized spacial score (nSPS) is 31.5. The average molecular weight is 308 g/mol. The van der Waals surface area contributed by atoms with E-state index in [0.29, 0.717) is 18.9 Å². The molecule has 0 radical (unpaired) electrons. The van der Waals surface area contributed by atoms with Gasteiger partial charge in [0.2, 0.25) is 11.8 Å². The number of carbonyl (C=O) groups excluding carboxylic acids is 2. The first-order chi connectivity index (χ1) is 10.7. The van der Waals surface area contributed by atoms with Crippen LogP contribution in [0.15, 0.2) is 0 Å². The highest BCUT2D eigenvalue weighted by Gasteiger charge is 2.43. The second kappa shape index (κ2) is 6.99. The summed E-state index contributed by atoms with van der Waals surface area (Å²) in [5.74, 6) is 2.15. The molecule has 5 nitrogen and oxygen atoms in total. The number of ether oxygens (including phenoxy) is 1. The Morgan fingerprint density at radius 3 is 2.50 bits per heavy atom. The molecule has 5 heteroatoms. The van der Waals surface area contributed by atoms with Crippen LogP contribution in [0.4, 0.5) is 0 Å². The monoisotopic (exact) mass is 308 g/mol. The molecule has 0 aromatic carbocycles. The molecule has 124 valence electrons. The predicted octanol–water partition coefficient (Wildman–Crippen LogP) is 1.57. The number of hydrogen-bond donors (Lipinski definition) is 1. The van der Waals surface area contributed by atoms with Crippen molar-refractivity contribution in [2.75, 3.05) is 26.8 Å². The molecule has 1 heterocycles. The van der Waals surface area contributed by atoms with Gasteiger partial charge in [0.15, 0.2) is 0 Å². The van der Waals surface area contributed by atoms with Gasteiger partial charge in [-0.3, -0.25) is 9.59 Å². The Labute approximate surface area is 132 Å². The fraction of sp³-hybridized carbons (Fsp3) is 0.882. The molecule has 2 aliphatic carbocycles. The van der Waals surface area contributed by atoms with Gasteiger partial charge < -0.3 is 15.0 Å². The van der Waals surface area contributed by atoms with Gasteiger partial charge in [0.05, 0.1) is 13.0 Å². The van der Waals surface area contributed by atoms with Crippen molar-refractivity contribution < 1.29 is 14.3 Å². The van der Waals surface area contributed by atoms with Crippen LogP contribution in [0, 0.1) is 17.8 Å². The zero-order valence-electron chi connectivity index (χ0n) is 13.6. The molecule has 3 aliphatic rings. The van der Waals surface area contributed by atoms with E-state index in [2.05, 4.69) is 5.32 Å². The lowest BCUT2D eigenvalue weighted by Gasteiger charge is -2.33. The van der Waals surface area contributed by atoms with Crippen LogP contribution in [-0.4, -0.2) is 49.6 Å². The largest absolute Gasteiger partial charge is 0.384 e. The predicted molar refractivity (Wildman–Crippen MR) is 83.2 cm³/mol. The zero-order valence-corrected chi connectivity index (χ0v) is 13.6. The van der Waals surface area contributed by atoms with Crippen molar-refractivity contribution in [3.8, 4) is 0 Å². The molecule has 0 spiro atoms. The number of hydrogen-bond acceptors (Lipinski definition) is 3. The smallest absolute Gasteiger partial charge is 0.224 e. The highest BCUT2D eigenvalue weighted by Crippen LogP contribution is 2.48. The molecule has 1 saturated heterocycles. The van der Waals surface area contributed by atoms with E-state index in [0.717, 1.165) is 38.3 Å². The fourth-order valence-electron chi connectivity index (χ4n) is 4.49. The number of nitrogens with one attached hydrogen (secondary N) is 1. The van der Waals surface area contributed by atoms with Crippen LogP contribution in [0.3, 0.4) is 0 Å². The molecule has 1 aliphatic heterocycles. The van der Waals surface area contributed by atoms with Crippen LogP contribution in [0.5, 0.6) is 0 Å². The van der Waals surface area contributed by atoms with E-state index < -0.39 is 0 Å². The van der Waals surface area contributed by atoms with Crippen LogP contribution in [-0.2, 0) is 14.3 Å². The van der Waals surface area contributed by atoms with Gasteiger partial charge in [-0.15, -0.1) is 0 Å². The van der Waals surface area contributed by atoms with Crippen molar-refractivity contribution in [1.82, 2.24) is 10.2 Å². The fourth-order valence-corrected chi connectivity index (χ4v) is 4.49. The van der Waals surface area contributed by atoms with Gasteiger partial charge in [-0.1, -0.05) is 6.42 Å². The van der Waals surface area contributed by atoms with Crippen molar-refractivity contribution in [2.45, 2.75) is 51.0 Å². The zero-order chi connectivity index (χ0) is 15.5. The van der Waals surface area contributed by atoms with Crippen molar-refractivity contribution >= 4 is 11.8 Å². The maximum atomic E-state index is 12.5. The molecule has 0 aromatic heterocycles. The lowest BCUT2D eigenvalue weighted by atomic mass is 9.87. The van der Waals surface area contributed by atoms with E-state index >= 15 is 0 Å². The van der Waals surface area contributed by atoms with Crippen molar-refractivity contribution in [3.05, 3.63) is 0 Å². The van der Waals surface area contributed by atoms with E-state index in [1.54, 1.807) is 7.11 Å². The molecule has 2 bridgehead atoms. The Balaban J connectivity index is 1.40. The first kappa shape index (κ1) is 15.8. The number of amides is 2. The minimum absolute atomic E-state index is 0.166. The van der Waals surface area contributed by atoms with Crippen LogP contribution >= 0.6 is 0 Å². The van der Waals surface area contributed by atoms with Crippen LogP contribution < -0.4 is 5.32 Å². The summed E-state index contributed by atoms with van der Waals surface area (Å²) in [5.41, 5.74) is 0. The minimum Gasteiger partial charge on any atom is -0.384 e. The van der Waals surface area contributed by atoms with Crippen molar-refractivity contribution in [2.24, 2.45) is 17.8 Å². The highest BCUT2D eigenvalue weighted by molar-refractivity contribution is 5.80. The number of piperidine rings is 1. The Morgan fingerprint density at radius 1 is 1.14 bits per heavy atom. The Hall–Kier alpha value is -1.10. The lowest BCUT2D eigenvalue weighted by molar-refractivity contribution is -0.133. The molecule has 2 saturated carbocycles. The van der Waals surface area contributed by atoms with Gasteiger partial charge in [0, 0.05) is 32.2 Å². The summed E-state index contributed by atoms with van der Waals surface area (Å²) >= 11 is 0. The number of rotatable bonds is 5. The van der Waals surface area contributed by atoms with Gasteiger partial charge in [-0.25, -0.2) is 0 Å². The molecule has 2 amide bonds. The molecule has 1 N–H and O–H groups in total. The molecule has 3 rings (SSSR count). The second-order valence-corrected chi connectivity index (χ2v) is 7.19. The lowest BCUT2D eigenvalue weighted by Crippen LogP contribution is -2.48. The van der Waals surface area contributed by atoms with Gasteiger partial charge in [-0.2, -0.15) is 0 Å². The maximum absolute atomic E-state index is 12.5.